The second kappa shape index (κ2) is 7.98. The molecule has 1 atom stereocenters. The van der Waals surface area contributed by atoms with Gasteiger partial charge in [0.1, 0.15) is 22.9 Å². The fourth-order valence-electron chi connectivity index (χ4n) is 4.35. The number of phenolic OH excluding ortho intramolecular Hbond substituents is 2. The molecule has 33 heavy (non-hydrogen) atoms. The molecule has 1 amide bonds. The van der Waals surface area contributed by atoms with Crippen LogP contribution >= 0.6 is 11.6 Å². The third kappa shape index (κ3) is 3.62. The van der Waals surface area contributed by atoms with Crippen LogP contribution in [0.25, 0.3) is 11.3 Å². The smallest absolute Gasteiger partial charge is 0.273 e. The van der Waals surface area contributed by atoms with E-state index >= 15 is 0 Å². The zero-order valence-corrected chi connectivity index (χ0v) is 18.9. The number of nitrogens with zero attached hydrogens (tertiary/aromatic N) is 2. The van der Waals surface area contributed by atoms with Crippen LogP contribution in [-0.2, 0) is 6.54 Å². The molecule has 0 fully saturated rings. The van der Waals surface area contributed by atoms with Crippen molar-refractivity contribution in [3.8, 4) is 22.8 Å². The number of H-pyrrole nitrogens is 1. The van der Waals surface area contributed by atoms with Crippen molar-refractivity contribution >= 4 is 17.5 Å². The van der Waals surface area contributed by atoms with E-state index < -0.39 is 6.04 Å². The SMILES string of the molecule is Cc1ccc(CN2C(=O)c3[nH]nc(-c4cc(Cl)c(C)cc4O)c3C2c2cccc(O)c2)cc1. The Labute approximate surface area is 196 Å². The minimum Gasteiger partial charge on any atom is -0.508 e. The first kappa shape index (κ1) is 21.1. The van der Waals surface area contributed by atoms with Crippen LogP contribution < -0.4 is 0 Å². The van der Waals surface area contributed by atoms with Gasteiger partial charge in [-0.25, -0.2) is 0 Å². The van der Waals surface area contributed by atoms with Crippen LogP contribution in [0.2, 0.25) is 5.02 Å². The van der Waals surface area contributed by atoms with Gasteiger partial charge in [0.2, 0.25) is 0 Å². The van der Waals surface area contributed by atoms with Crippen molar-refractivity contribution in [2.24, 2.45) is 0 Å². The third-order valence-electron chi connectivity index (χ3n) is 6.06. The summed E-state index contributed by atoms with van der Waals surface area (Å²) in [4.78, 5) is 15.2. The fourth-order valence-corrected chi connectivity index (χ4v) is 4.52. The average Bonchev–Trinajstić information content (AvgIpc) is 3.32. The third-order valence-corrected chi connectivity index (χ3v) is 6.46. The highest BCUT2D eigenvalue weighted by atomic mass is 35.5. The number of benzene rings is 3. The summed E-state index contributed by atoms with van der Waals surface area (Å²) < 4.78 is 0. The van der Waals surface area contributed by atoms with Crippen molar-refractivity contribution in [3.63, 3.8) is 0 Å². The van der Waals surface area contributed by atoms with Gasteiger partial charge in [-0.3, -0.25) is 9.89 Å². The van der Waals surface area contributed by atoms with Gasteiger partial charge in [-0.15, -0.1) is 0 Å². The number of rotatable bonds is 4. The van der Waals surface area contributed by atoms with Gasteiger partial charge in [0.15, 0.2) is 0 Å². The molecule has 6 nitrogen and oxygen atoms in total. The van der Waals surface area contributed by atoms with Crippen LogP contribution in [0.4, 0.5) is 0 Å². The van der Waals surface area contributed by atoms with Gasteiger partial charge in [0.25, 0.3) is 5.91 Å². The molecule has 1 aromatic heterocycles. The number of aromatic nitrogens is 2. The van der Waals surface area contributed by atoms with E-state index in [1.54, 1.807) is 35.2 Å². The van der Waals surface area contributed by atoms with Gasteiger partial charge in [0.05, 0.1) is 6.04 Å². The summed E-state index contributed by atoms with van der Waals surface area (Å²) in [5, 5.41) is 28.6. The molecule has 0 saturated carbocycles. The summed E-state index contributed by atoms with van der Waals surface area (Å²) >= 11 is 6.35. The zero-order valence-electron chi connectivity index (χ0n) is 18.1. The van der Waals surface area contributed by atoms with Crippen molar-refractivity contribution in [3.05, 3.63) is 99.2 Å². The Hall–Kier alpha value is -3.77. The Bertz CT molecular complexity index is 1380. The Morgan fingerprint density at radius 2 is 1.82 bits per heavy atom. The number of hydrogen-bond acceptors (Lipinski definition) is 4. The number of aromatic hydroxyl groups is 2. The molecule has 5 rings (SSSR count). The molecular formula is C26H22ClN3O3. The van der Waals surface area contributed by atoms with Gasteiger partial charge in [-0.05, 0) is 54.8 Å². The summed E-state index contributed by atoms with van der Waals surface area (Å²) in [6, 6.07) is 17.6. The van der Waals surface area contributed by atoms with Crippen LogP contribution in [0, 0.1) is 13.8 Å². The van der Waals surface area contributed by atoms with Crippen molar-refractivity contribution in [1.82, 2.24) is 15.1 Å². The normalized spacial score (nSPS) is 15.2. The molecule has 166 valence electrons. The lowest BCUT2D eigenvalue weighted by Crippen LogP contribution is -2.29. The number of halogens is 1. The fraction of sp³-hybridized carbons (Fsp3) is 0.154. The molecule has 0 radical (unpaired) electrons. The number of fused-ring (bicyclic) bond motifs is 1. The first-order valence-corrected chi connectivity index (χ1v) is 10.9. The molecule has 3 aromatic carbocycles. The largest absolute Gasteiger partial charge is 0.508 e. The van der Waals surface area contributed by atoms with Crippen LogP contribution in [0.5, 0.6) is 11.5 Å². The highest BCUT2D eigenvalue weighted by molar-refractivity contribution is 6.31. The highest BCUT2D eigenvalue weighted by Gasteiger charge is 2.42. The molecule has 0 bridgehead atoms. The predicted molar refractivity (Wildman–Crippen MR) is 126 cm³/mol. The van der Waals surface area contributed by atoms with Gasteiger partial charge >= 0.3 is 0 Å². The molecule has 0 saturated heterocycles. The molecule has 1 unspecified atom stereocenters. The standard InChI is InChI=1S/C26H22ClN3O3/c1-14-6-8-16(9-7-14)13-30-25(17-4-3-5-18(31)11-17)22-23(28-29-24(22)26(30)33)19-12-20(27)15(2)10-21(19)32/h3-12,25,31-32H,13H2,1-2H3,(H,28,29). The van der Waals surface area contributed by atoms with E-state index in [0.29, 0.717) is 34.1 Å². The van der Waals surface area contributed by atoms with Crippen LogP contribution in [0.15, 0.2) is 60.7 Å². The van der Waals surface area contributed by atoms with Crippen molar-refractivity contribution in [2.75, 3.05) is 0 Å². The number of aryl methyl sites for hydroxylation is 2. The van der Waals surface area contributed by atoms with Gasteiger partial charge in [-0.2, -0.15) is 5.10 Å². The molecule has 1 aliphatic rings. The maximum absolute atomic E-state index is 13.5. The second-order valence-electron chi connectivity index (χ2n) is 8.40. The number of phenols is 2. The first-order valence-electron chi connectivity index (χ1n) is 10.6. The Morgan fingerprint density at radius 1 is 1.06 bits per heavy atom. The number of amides is 1. The average molecular weight is 460 g/mol. The predicted octanol–water partition coefficient (Wildman–Crippen LogP) is 5.50. The Morgan fingerprint density at radius 3 is 2.55 bits per heavy atom. The van der Waals surface area contributed by atoms with E-state index in [0.717, 1.165) is 22.3 Å². The molecule has 1 aliphatic heterocycles. The lowest BCUT2D eigenvalue weighted by molar-refractivity contribution is 0.0730. The summed E-state index contributed by atoms with van der Waals surface area (Å²) in [5.74, 6) is -0.0596. The van der Waals surface area contributed by atoms with Gasteiger partial charge < -0.3 is 15.1 Å². The highest BCUT2D eigenvalue weighted by Crippen LogP contribution is 2.46. The number of carbonyl (C=O) groups is 1. The summed E-state index contributed by atoms with van der Waals surface area (Å²) in [5.41, 5.74) is 5.52. The molecule has 2 heterocycles. The van der Waals surface area contributed by atoms with Crippen LogP contribution in [0.1, 0.15) is 44.3 Å². The minimum atomic E-state index is -0.505. The summed E-state index contributed by atoms with van der Waals surface area (Å²) in [7, 11) is 0. The van der Waals surface area contributed by atoms with Crippen molar-refractivity contribution in [2.45, 2.75) is 26.4 Å². The first-order chi connectivity index (χ1) is 15.8. The molecular weight excluding hydrogens is 438 g/mol. The van der Waals surface area contributed by atoms with E-state index in [1.165, 1.54) is 0 Å². The summed E-state index contributed by atoms with van der Waals surface area (Å²) in [6.07, 6.45) is 0. The zero-order chi connectivity index (χ0) is 23.3. The monoisotopic (exact) mass is 459 g/mol. The lowest BCUT2D eigenvalue weighted by Gasteiger charge is -2.27. The van der Waals surface area contributed by atoms with Gasteiger partial charge in [0, 0.05) is 22.7 Å². The minimum absolute atomic E-state index is 0.0327. The summed E-state index contributed by atoms with van der Waals surface area (Å²) in [6.45, 7) is 4.20. The Kier molecular flexibility index (Phi) is 5.10. The molecule has 3 N–H and O–H groups in total. The maximum Gasteiger partial charge on any atom is 0.273 e. The molecule has 7 heteroatoms. The second-order valence-corrected chi connectivity index (χ2v) is 8.80. The van der Waals surface area contributed by atoms with Crippen LogP contribution in [-0.4, -0.2) is 31.2 Å². The van der Waals surface area contributed by atoms with Gasteiger partial charge in [-0.1, -0.05) is 53.6 Å². The Balaban J connectivity index is 1.68. The van der Waals surface area contributed by atoms with E-state index in [9.17, 15) is 15.0 Å². The van der Waals surface area contributed by atoms with E-state index in [2.05, 4.69) is 10.2 Å². The topological polar surface area (TPSA) is 89.5 Å². The molecule has 4 aromatic rings. The molecule has 0 spiro atoms. The molecule has 0 aliphatic carbocycles. The number of aromatic amines is 1. The van der Waals surface area contributed by atoms with Crippen LogP contribution in [0.3, 0.4) is 0 Å². The van der Waals surface area contributed by atoms with Crippen molar-refractivity contribution in [1.29, 1.82) is 0 Å². The van der Waals surface area contributed by atoms with E-state index in [4.69, 9.17) is 11.6 Å². The van der Waals surface area contributed by atoms with Crippen molar-refractivity contribution < 1.29 is 15.0 Å². The number of carbonyl (C=O) groups excluding carboxylic acids is 1. The van der Waals surface area contributed by atoms with E-state index in [1.807, 2.05) is 44.2 Å². The number of nitrogens with one attached hydrogen (secondary N) is 1. The maximum atomic E-state index is 13.5. The lowest BCUT2D eigenvalue weighted by atomic mass is 9.95. The number of hydrogen-bond donors (Lipinski definition) is 3. The van der Waals surface area contributed by atoms with E-state index in [-0.39, 0.29) is 17.4 Å². The quantitative estimate of drug-likeness (QED) is 0.375.